The Morgan fingerprint density at radius 3 is 2.65 bits per heavy atom. The fraction of sp³-hybridized carbons (Fsp3) is 0.526. The Bertz CT molecular complexity index is 754. The maximum absolute atomic E-state index is 13.2. The molecule has 1 aliphatic heterocycles. The first-order valence-electron chi connectivity index (χ1n) is 9.46. The zero-order valence-electron chi connectivity index (χ0n) is 14.7. The van der Waals surface area contributed by atoms with E-state index in [0.717, 1.165) is 37.1 Å². The van der Waals surface area contributed by atoms with Gasteiger partial charge >= 0.3 is 6.03 Å². The van der Waals surface area contributed by atoms with E-state index < -0.39 is 0 Å². The Hall–Kier alpha value is -2.44. The van der Waals surface area contributed by atoms with Crippen LogP contribution in [-0.4, -0.2) is 32.7 Å². The van der Waals surface area contributed by atoms with Gasteiger partial charge in [0, 0.05) is 12.5 Å². The minimum Gasteiger partial charge on any atom is -0.317 e. The van der Waals surface area contributed by atoms with Crippen LogP contribution < -0.4 is 5.32 Å². The standard InChI is InChI=1S/C19H24FN5O/c20-15-10-8-13(9-11-15)16-7-4-12-25(16)19(26)22-18-21-17(23-24-18)14-5-2-1-3-6-14/h8-11,14,16H,1-7,12H2,(H2,21,22,23,24,26)/t16-/m0/s1. The van der Waals surface area contributed by atoms with Crippen molar-refractivity contribution in [3.05, 3.63) is 41.5 Å². The minimum atomic E-state index is -0.265. The van der Waals surface area contributed by atoms with Gasteiger partial charge in [-0.15, -0.1) is 5.10 Å². The van der Waals surface area contributed by atoms with Crippen LogP contribution in [0.2, 0.25) is 0 Å². The van der Waals surface area contributed by atoms with Crippen molar-refractivity contribution in [2.75, 3.05) is 11.9 Å². The number of nitrogens with one attached hydrogen (secondary N) is 2. The second-order valence-corrected chi connectivity index (χ2v) is 7.21. The molecule has 0 spiro atoms. The van der Waals surface area contributed by atoms with Crippen LogP contribution in [0.25, 0.3) is 0 Å². The molecule has 2 aliphatic rings. The topological polar surface area (TPSA) is 73.9 Å². The largest absolute Gasteiger partial charge is 0.324 e. The summed E-state index contributed by atoms with van der Waals surface area (Å²) in [5.41, 5.74) is 0.955. The fourth-order valence-electron chi connectivity index (χ4n) is 4.10. The summed E-state index contributed by atoms with van der Waals surface area (Å²) in [7, 11) is 0. The number of carbonyl (C=O) groups excluding carboxylic acids is 1. The lowest BCUT2D eigenvalue weighted by molar-refractivity contribution is 0.207. The van der Waals surface area contributed by atoms with Gasteiger partial charge in [-0.3, -0.25) is 10.4 Å². The lowest BCUT2D eigenvalue weighted by atomic mass is 9.89. The molecule has 0 bridgehead atoms. The highest BCUT2D eigenvalue weighted by atomic mass is 19.1. The van der Waals surface area contributed by atoms with Gasteiger partial charge in [-0.05, 0) is 43.4 Å². The smallest absolute Gasteiger partial charge is 0.317 e. The number of rotatable bonds is 3. The van der Waals surface area contributed by atoms with Crippen LogP contribution in [0.4, 0.5) is 15.1 Å². The molecule has 6 nitrogen and oxygen atoms in total. The number of nitrogens with zero attached hydrogens (tertiary/aromatic N) is 3. The molecule has 0 unspecified atom stereocenters. The monoisotopic (exact) mass is 357 g/mol. The SMILES string of the molecule is O=C(Nc1n[nH]c(C2CCCCC2)n1)N1CCC[C@H]1c1ccc(F)cc1. The number of aromatic amines is 1. The number of hydrogen-bond donors (Lipinski definition) is 2. The number of anilines is 1. The van der Waals surface area contributed by atoms with Crippen LogP contribution in [-0.2, 0) is 0 Å². The molecular formula is C19H24FN5O. The van der Waals surface area contributed by atoms with Crippen molar-refractivity contribution in [1.82, 2.24) is 20.1 Å². The highest BCUT2D eigenvalue weighted by molar-refractivity contribution is 5.88. The molecule has 2 amide bonds. The molecule has 2 fully saturated rings. The van der Waals surface area contributed by atoms with E-state index in [0.29, 0.717) is 18.4 Å². The number of likely N-dealkylation sites (tertiary alicyclic amines) is 1. The molecule has 4 rings (SSSR count). The van der Waals surface area contributed by atoms with Crippen molar-refractivity contribution in [2.24, 2.45) is 0 Å². The van der Waals surface area contributed by atoms with E-state index in [1.54, 1.807) is 17.0 Å². The number of aromatic nitrogens is 3. The van der Waals surface area contributed by atoms with Gasteiger partial charge in [0.25, 0.3) is 0 Å². The first kappa shape index (κ1) is 17.0. The summed E-state index contributed by atoms with van der Waals surface area (Å²) in [5.74, 6) is 1.36. The summed E-state index contributed by atoms with van der Waals surface area (Å²) < 4.78 is 13.2. The molecule has 26 heavy (non-hydrogen) atoms. The maximum atomic E-state index is 13.2. The van der Waals surface area contributed by atoms with Crippen LogP contribution in [0.15, 0.2) is 24.3 Å². The van der Waals surface area contributed by atoms with Gasteiger partial charge < -0.3 is 4.90 Å². The molecular weight excluding hydrogens is 333 g/mol. The summed E-state index contributed by atoms with van der Waals surface area (Å²) in [6, 6.07) is 6.14. The number of carbonyl (C=O) groups is 1. The summed E-state index contributed by atoms with van der Waals surface area (Å²) in [6.07, 6.45) is 7.79. The molecule has 1 aliphatic carbocycles. The van der Waals surface area contributed by atoms with Gasteiger partial charge in [0.1, 0.15) is 11.6 Å². The summed E-state index contributed by atoms with van der Waals surface area (Å²) >= 11 is 0. The molecule has 138 valence electrons. The first-order chi connectivity index (χ1) is 12.7. The van der Waals surface area contributed by atoms with Gasteiger partial charge in [0.2, 0.25) is 5.95 Å². The fourth-order valence-corrected chi connectivity index (χ4v) is 4.10. The molecule has 1 saturated carbocycles. The van der Waals surface area contributed by atoms with Crippen molar-refractivity contribution in [3.63, 3.8) is 0 Å². The molecule has 1 saturated heterocycles. The number of halogens is 1. The van der Waals surface area contributed by atoms with E-state index in [2.05, 4.69) is 20.5 Å². The highest BCUT2D eigenvalue weighted by Crippen LogP contribution is 2.33. The van der Waals surface area contributed by atoms with E-state index in [1.165, 1.54) is 31.4 Å². The lowest BCUT2D eigenvalue weighted by Crippen LogP contribution is -2.34. The Labute approximate surface area is 152 Å². The molecule has 2 N–H and O–H groups in total. The molecule has 7 heteroatoms. The second-order valence-electron chi connectivity index (χ2n) is 7.21. The second kappa shape index (κ2) is 7.43. The van der Waals surface area contributed by atoms with Crippen molar-refractivity contribution >= 4 is 12.0 Å². The van der Waals surface area contributed by atoms with Crippen LogP contribution in [0.3, 0.4) is 0 Å². The Balaban J connectivity index is 1.42. The van der Waals surface area contributed by atoms with Gasteiger partial charge in [-0.1, -0.05) is 31.4 Å². The maximum Gasteiger partial charge on any atom is 0.324 e. The predicted octanol–water partition coefficient (Wildman–Crippen LogP) is 4.36. The van der Waals surface area contributed by atoms with Crippen molar-refractivity contribution in [3.8, 4) is 0 Å². The number of urea groups is 1. The summed E-state index contributed by atoms with van der Waals surface area (Å²) in [4.78, 5) is 19.0. The van der Waals surface area contributed by atoms with Gasteiger partial charge in [-0.25, -0.2) is 9.18 Å². The third-order valence-corrected chi connectivity index (χ3v) is 5.48. The van der Waals surface area contributed by atoms with Crippen LogP contribution in [0.1, 0.15) is 68.3 Å². The molecule has 1 aromatic heterocycles. The van der Waals surface area contributed by atoms with E-state index in [-0.39, 0.29) is 17.9 Å². The number of hydrogen-bond acceptors (Lipinski definition) is 3. The van der Waals surface area contributed by atoms with Crippen molar-refractivity contribution in [1.29, 1.82) is 0 Å². The van der Waals surface area contributed by atoms with Crippen LogP contribution >= 0.6 is 0 Å². The van der Waals surface area contributed by atoms with Crippen molar-refractivity contribution < 1.29 is 9.18 Å². The minimum absolute atomic E-state index is 0.0349. The summed E-state index contributed by atoms with van der Waals surface area (Å²) in [5, 5.41) is 9.97. The average Bonchev–Trinajstić information content (AvgIpc) is 3.33. The van der Waals surface area contributed by atoms with Crippen molar-refractivity contribution in [2.45, 2.75) is 56.9 Å². The summed E-state index contributed by atoms with van der Waals surface area (Å²) in [6.45, 7) is 0.674. The van der Waals surface area contributed by atoms with E-state index in [1.807, 2.05) is 0 Å². The number of benzene rings is 1. The van der Waals surface area contributed by atoms with Crippen LogP contribution in [0, 0.1) is 5.82 Å². The average molecular weight is 357 g/mol. The number of H-pyrrole nitrogens is 1. The quantitative estimate of drug-likeness (QED) is 0.857. The van der Waals surface area contributed by atoms with Gasteiger partial charge in [0.05, 0.1) is 6.04 Å². The van der Waals surface area contributed by atoms with E-state index in [4.69, 9.17) is 0 Å². The van der Waals surface area contributed by atoms with E-state index >= 15 is 0 Å². The molecule has 2 heterocycles. The molecule has 1 aromatic carbocycles. The Morgan fingerprint density at radius 1 is 1.12 bits per heavy atom. The predicted molar refractivity (Wildman–Crippen MR) is 96.3 cm³/mol. The number of amides is 2. The van der Waals surface area contributed by atoms with Gasteiger partial charge in [-0.2, -0.15) is 4.98 Å². The highest BCUT2D eigenvalue weighted by Gasteiger charge is 2.30. The zero-order valence-corrected chi connectivity index (χ0v) is 14.7. The normalized spacial score (nSPS) is 21.1. The third kappa shape index (κ3) is 3.57. The molecule has 1 atom stereocenters. The van der Waals surface area contributed by atoms with Gasteiger partial charge in [0.15, 0.2) is 0 Å². The van der Waals surface area contributed by atoms with E-state index in [9.17, 15) is 9.18 Å². The zero-order chi connectivity index (χ0) is 17.9. The lowest BCUT2D eigenvalue weighted by Gasteiger charge is -2.24. The van der Waals surface area contributed by atoms with Crippen LogP contribution in [0.5, 0.6) is 0 Å². The Morgan fingerprint density at radius 2 is 1.88 bits per heavy atom. The molecule has 0 radical (unpaired) electrons. The first-order valence-corrected chi connectivity index (χ1v) is 9.46. The Kier molecular flexibility index (Phi) is 4.86. The third-order valence-electron chi connectivity index (χ3n) is 5.48. The molecule has 2 aromatic rings.